The molecule has 3 nitrogen and oxygen atoms in total. The van der Waals surface area contributed by atoms with E-state index in [0.717, 1.165) is 94.1 Å². The highest BCUT2D eigenvalue weighted by Gasteiger charge is 2.28. The Kier molecular flexibility index (Phi) is 5.17. The largest absolute Gasteiger partial charge is 0.455 e. The van der Waals surface area contributed by atoms with Crippen molar-refractivity contribution >= 4 is 43.9 Å². The lowest BCUT2D eigenvalue weighted by atomic mass is 9.88. The quantitative estimate of drug-likeness (QED) is 0.228. The van der Waals surface area contributed by atoms with Crippen molar-refractivity contribution in [1.29, 1.82) is 0 Å². The molecule has 0 radical (unpaired) electrons. The summed E-state index contributed by atoms with van der Waals surface area (Å²) in [6, 6.07) is 35.9. The molecule has 0 aliphatic rings. The monoisotopic (exact) mass is 529 g/mol. The van der Waals surface area contributed by atoms with Crippen LogP contribution < -0.4 is 0 Å². The van der Waals surface area contributed by atoms with Gasteiger partial charge in [-0.25, -0.2) is 0 Å². The fourth-order valence-corrected chi connectivity index (χ4v) is 6.29. The van der Waals surface area contributed by atoms with Gasteiger partial charge in [0.25, 0.3) is 0 Å². The predicted octanol–water partition coefficient (Wildman–Crippen LogP) is 10.8. The van der Waals surface area contributed by atoms with Crippen LogP contribution in [-0.2, 0) is 0 Å². The number of nitrogens with zero attached hydrogens (tertiary/aromatic N) is 1. The second-order valence-corrected chi connectivity index (χ2v) is 10.9. The van der Waals surface area contributed by atoms with E-state index in [4.69, 9.17) is 13.8 Å². The molecule has 0 spiro atoms. The van der Waals surface area contributed by atoms with Gasteiger partial charge >= 0.3 is 0 Å². The molecular formula is C38H27NO2. The first-order chi connectivity index (χ1) is 20.1. The molecule has 0 amide bonds. The van der Waals surface area contributed by atoms with E-state index in [1.165, 1.54) is 0 Å². The minimum absolute atomic E-state index is 0.873. The number of aryl methyl sites for hydroxylation is 3. The molecular weight excluding hydrogens is 502 g/mol. The van der Waals surface area contributed by atoms with Crippen molar-refractivity contribution in [2.24, 2.45) is 0 Å². The van der Waals surface area contributed by atoms with E-state index < -0.39 is 0 Å². The van der Waals surface area contributed by atoms with Crippen molar-refractivity contribution in [3.63, 3.8) is 0 Å². The summed E-state index contributed by atoms with van der Waals surface area (Å²) >= 11 is 0. The van der Waals surface area contributed by atoms with E-state index in [9.17, 15) is 0 Å². The molecule has 5 aromatic carbocycles. The van der Waals surface area contributed by atoms with Crippen LogP contribution in [0.15, 0.2) is 118 Å². The second kappa shape index (κ2) is 8.94. The number of furan rings is 2. The summed E-state index contributed by atoms with van der Waals surface area (Å²) < 4.78 is 13.8. The Balaban J connectivity index is 1.65. The lowest BCUT2D eigenvalue weighted by Gasteiger charge is -2.15. The molecule has 8 rings (SSSR count). The van der Waals surface area contributed by atoms with Crippen molar-refractivity contribution in [1.82, 2.24) is 4.98 Å². The van der Waals surface area contributed by atoms with Gasteiger partial charge in [0, 0.05) is 44.4 Å². The van der Waals surface area contributed by atoms with Gasteiger partial charge < -0.3 is 8.83 Å². The Labute approximate surface area is 237 Å². The second-order valence-electron chi connectivity index (χ2n) is 10.9. The van der Waals surface area contributed by atoms with Crippen LogP contribution >= 0.6 is 0 Å². The Morgan fingerprint density at radius 1 is 0.488 bits per heavy atom. The summed E-state index contributed by atoms with van der Waals surface area (Å²) in [6.07, 6.45) is 1.97. The number of hydrogen-bond donors (Lipinski definition) is 0. The third-order valence-electron chi connectivity index (χ3n) is 8.28. The van der Waals surface area contributed by atoms with Gasteiger partial charge in [-0.3, -0.25) is 4.98 Å². The molecule has 0 bridgehead atoms. The Bertz CT molecular complexity index is 2270. The minimum Gasteiger partial charge on any atom is -0.455 e. The number of rotatable bonds is 3. The van der Waals surface area contributed by atoms with Crippen molar-refractivity contribution in [3.8, 4) is 33.5 Å². The average Bonchev–Trinajstić information content (AvgIpc) is 3.58. The Morgan fingerprint density at radius 3 is 1.61 bits per heavy atom. The topological polar surface area (TPSA) is 39.2 Å². The number of pyridine rings is 1. The van der Waals surface area contributed by atoms with Crippen LogP contribution in [0.3, 0.4) is 0 Å². The molecule has 3 heterocycles. The van der Waals surface area contributed by atoms with Gasteiger partial charge in [0.1, 0.15) is 22.3 Å². The van der Waals surface area contributed by atoms with E-state index in [-0.39, 0.29) is 0 Å². The van der Waals surface area contributed by atoms with Crippen LogP contribution in [0.2, 0.25) is 0 Å². The van der Waals surface area contributed by atoms with Gasteiger partial charge in [-0.2, -0.15) is 0 Å². The molecule has 41 heavy (non-hydrogen) atoms. The van der Waals surface area contributed by atoms with Gasteiger partial charge in [0.15, 0.2) is 0 Å². The highest BCUT2D eigenvalue weighted by Crippen LogP contribution is 2.51. The number of hydrogen-bond acceptors (Lipinski definition) is 3. The van der Waals surface area contributed by atoms with Crippen LogP contribution in [0.1, 0.15) is 16.7 Å². The zero-order valence-electron chi connectivity index (χ0n) is 23.2. The molecule has 0 atom stereocenters. The molecule has 0 aliphatic carbocycles. The van der Waals surface area contributed by atoms with Crippen LogP contribution in [0.4, 0.5) is 0 Å². The zero-order valence-corrected chi connectivity index (χ0v) is 23.2. The third-order valence-corrected chi connectivity index (χ3v) is 8.28. The van der Waals surface area contributed by atoms with Gasteiger partial charge in [-0.05, 0) is 54.7 Å². The highest BCUT2D eigenvalue weighted by atomic mass is 16.3. The number of benzene rings is 5. The predicted molar refractivity (Wildman–Crippen MR) is 169 cm³/mol. The summed E-state index contributed by atoms with van der Waals surface area (Å²) in [5.74, 6) is 0. The molecule has 0 aliphatic heterocycles. The van der Waals surface area contributed by atoms with E-state index in [1.807, 2.05) is 12.3 Å². The lowest BCUT2D eigenvalue weighted by Crippen LogP contribution is -1.94. The summed E-state index contributed by atoms with van der Waals surface area (Å²) in [4.78, 5) is 4.83. The summed E-state index contributed by atoms with van der Waals surface area (Å²) in [5.41, 5.74) is 13.1. The van der Waals surface area contributed by atoms with Gasteiger partial charge in [-0.1, -0.05) is 97.1 Å². The standard InChI is InChI=1S/C38H27NO2/c1-22-12-10-18-27-32-33-28-19-11-13-23(2)36(28)41-38(33)34(31(37(32)40-35(22)27)26-16-8-5-9-17-26)29-20-30(39-21-24(29)3)25-14-6-4-7-15-25/h4-21H,1-3H3. The van der Waals surface area contributed by atoms with Crippen molar-refractivity contribution in [2.75, 3.05) is 0 Å². The number of aromatic nitrogens is 1. The maximum Gasteiger partial charge on any atom is 0.144 e. The molecule has 3 heteroatoms. The molecule has 3 aromatic heterocycles. The van der Waals surface area contributed by atoms with E-state index in [1.54, 1.807) is 0 Å². The van der Waals surface area contributed by atoms with Crippen molar-refractivity contribution in [2.45, 2.75) is 20.8 Å². The molecule has 8 aromatic rings. The Morgan fingerprint density at radius 2 is 1.02 bits per heavy atom. The summed E-state index contributed by atoms with van der Waals surface area (Å²) in [5, 5.41) is 4.40. The van der Waals surface area contributed by atoms with Crippen LogP contribution in [0, 0.1) is 20.8 Å². The average molecular weight is 530 g/mol. The van der Waals surface area contributed by atoms with E-state index in [0.29, 0.717) is 0 Å². The van der Waals surface area contributed by atoms with Crippen molar-refractivity contribution in [3.05, 3.63) is 126 Å². The number of fused-ring (bicyclic) bond motifs is 7. The molecule has 0 saturated heterocycles. The van der Waals surface area contributed by atoms with Crippen molar-refractivity contribution < 1.29 is 8.83 Å². The zero-order chi connectivity index (χ0) is 27.7. The SMILES string of the molecule is Cc1cnc(-c2ccccc2)cc1-c1c(-c2ccccc2)c2oc3c(C)cccc3c2c2c1oc1c(C)cccc12. The van der Waals surface area contributed by atoms with E-state index in [2.05, 4.69) is 118 Å². The van der Waals surface area contributed by atoms with Gasteiger partial charge in [0.05, 0.1) is 5.69 Å². The highest BCUT2D eigenvalue weighted by molar-refractivity contribution is 6.32. The summed E-state index contributed by atoms with van der Waals surface area (Å²) in [6.45, 7) is 6.35. The number of para-hydroxylation sites is 2. The van der Waals surface area contributed by atoms with E-state index >= 15 is 0 Å². The first-order valence-corrected chi connectivity index (χ1v) is 14.0. The first kappa shape index (κ1) is 23.7. The summed E-state index contributed by atoms with van der Waals surface area (Å²) in [7, 11) is 0. The third kappa shape index (κ3) is 3.49. The molecule has 196 valence electrons. The minimum atomic E-state index is 0.873. The smallest absolute Gasteiger partial charge is 0.144 e. The van der Waals surface area contributed by atoms with Gasteiger partial charge in [0.2, 0.25) is 0 Å². The lowest BCUT2D eigenvalue weighted by molar-refractivity contribution is 0.661. The molecule has 0 fully saturated rings. The molecule has 0 unspecified atom stereocenters. The fraction of sp³-hybridized carbons (Fsp3) is 0.0789. The first-order valence-electron chi connectivity index (χ1n) is 14.0. The van der Waals surface area contributed by atoms with Crippen LogP contribution in [0.5, 0.6) is 0 Å². The maximum absolute atomic E-state index is 6.93. The Hall–Kier alpha value is -5.15. The maximum atomic E-state index is 6.93. The normalized spacial score (nSPS) is 11.8. The van der Waals surface area contributed by atoms with Crippen LogP contribution in [0.25, 0.3) is 77.4 Å². The molecule has 0 N–H and O–H groups in total. The molecule has 0 saturated carbocycles. The van der Waals surface area contributed by atoms with Gasteiger partial charge in [-0.15, -0.1) is 0 Å². The van der Waals surface area contributed by atoms with Crippen LogP contribution in [-0.4, -0.2) is 4.98 Å². The fourth-order valence-electron chi connectivity index (χ4n) is 6.29.